The van der Waals surface area contributed by atoms with Crippen molar-refractivity contribution in [2.45, 2.75) is 13.3 Å². The van der Waals surface area contributed by atoms with Gasteiger partial charge in [-0.1, -0.05) is 60.7 Å². The summed E-state index contributed by atoms with van der Waals surface area (Å²) in [5.74, 6) is -0.258. The van der Waals surface area contributed by atoms with E-state index in [1.54, 1.807) is 12.1 Å². The molecule has 0 aromatic heterocycles. The van der Waals surface area contributed by atoms with Gasteiger partial charge in [-0.05, 0) is 53.5 Å². The lowest BCUT2D eigenvalue weighted by Crippen LogP contribution is -2.06. The third kappa shape index (κ3) is 3.63. The fourth-order valence-corrected chi connectivity index (χ4v) is 3.29. The number of nitrogens with zero attached hydrogens (tertiary/aromatic N) is 2. The molecule has 0 radical (unpaired) electrons. The summed E-state index contributed by atoms with van der Waals surface area (Å²) in [5.41, 5.74) is 7.01. The van der Waals surface area contributed by atoms with Crippen LogP contribution in [-0.4, -0.2) is 11.4 Å². The van der Waals surface area contributed by atoms with Crippen LogP contribution >= 0.6 is 0 Å². The average Bonchev–Trinajstić information content (AvgIpc) is 2.89. The van der Waals surface area contributed by atoms with E-state index in [0.717, 1.165) is 33.7 Å². The Balaban J connectivity index is 1.88. The van der Waals surface area contributed by atoms with Crippen LogP contribution in [0.3, 0.4) is 0 Å². The summed E-state index contributed by atoms with van der Waals surface area (Å²) in [6.45, 7) is 2.06. The molecular formula is C24H19FN2. The number of benzene rings is 3. The van der Waals surface area contributed by atoms with Crippen LogP contribution in [0.4, 0.5) is 4.39 Å². The first kappa shape index (κ1) is 17.1. The lowest BCUT2D eigenvalue weighted by atomic mass is 9.90. The summed E-state index contributed by atoms with van der Waals surface area (Å²) in [7, 11) is 0. The molecule has 0 amide bonds. The van der Waals surface area contributed by atoms with Gasteiger partial charge in [0, 0.05) is 12.0 Å². The predicted octanol–water partition coefficient (Wildman–Crippen LogP) is 5.90. The maximum atomic E-state index is 13.4. The van der Waals surface area contributed by atoms with E-state index in [4.69, 9.17) is 0 Å². The first-order valence-electron chi connectivity index (χ1n) is 8.94. The van der Waals surface area contributed by atoms with Gasteiger partial charge in [-0.3, -0.25) is 0 Å². The van der Waals surface area contributed by atoms with Gasteiger partial charge >= 0.3 is 0 Å². The van der Waals surface area contributed by atoms with E-state index in [1.165, 1.54) is 17.7 Å². The Hall–Kier alpha value is -3.33. The summed E-state index contributed by atoms with van der Waals surface area (Å²) in [4.78, 5) is 0. The summed E-state index contributed by atoms with van der Waals surface area (Å²) in [6.07, 6.45) is 0.689. The number of hydrogen-bond acceptors (Lipinski definition) is 2. The van der Waals surface area contributed by atoms with Crippen molar-refractivity contribution in [2.75, 3.05) is 0 Å². The fraction of sp³-hybridized carbons (Fsp3) is 0.0833. The highest BCUT2D eigenvalue weighted by Gasteiger charge is 2.19. The molecule has 0 N–H and O–H groups in total. The molecule has 3 aromatic carbocycles. The minimum Gasteiger partial charge on any atom is -0.207 e. The molecule has 132 valence electrons. The molecule has 0 spiro atoms. The smallest absolute Gasteiger partial charge is 0.123 e. The van der Waals surface area contributed by atoms with Crippen molar-refractivity contribution in [1.82, 2.24) is 0 Å². The van der Waals surface area contributed by atoms with Crippen molar-refractivity contribution >= 4 is 17.0 Å². The van der Waals surface area contributed by atoms with Crippen LogP contribution in [-0.2, 0) is 0 Å². The second kappa shape index (κ2) is 7.50. The molecule has 1 heterocycles. The molecule has 0 aliphatic carbocycles. The van der Waals surface area contributed by atoms with E-state index in [1.807, 2.05) is 36.4 Å². The Morgan fingerprint density at radius 2 is 1.26 bits per heavy atom. The van der Waals surface area contributed by atoms with Gasteiger partial charge in [0.25, 0.3) is 0 Å². The zero-order valence-corrected chi connectivity index (χ0v) is 15.1. The molecular weight excluding hydrogens is 335 g/mol. The third-order valence-electron chi connectivity index (χ3n) is 4.77. The van der Waals surface area contributed by atoms with Crippen molar-refractivity contribution in [3.05, 3.63) is 113 Å². The summed E-state index contributed by atoms with van der Waals surface area (Å²) in [6, 6.07) is 26.8. The zero-order valence-electron chi connectivity index (χ0n) is 15.1. The number of hydrogen-bond donors (Lipinski definition) is 0. The van der Waals surface area contributed by atoms with E-state index in [0.29, 0.717) is 6.42 Å². The zero-order chi connectivity index (χ0) is 18.6. The Bertz CT molecular complexity index is 1030. The first-order valence-corrected chi connectivity index (χ1v) is 8.94. The molecule has 0 saturated carbocycles. The summed E-state index contributed by atoms with van der Waals surface area (Å²) >= 11 is 0. The molecule has 0 atom stereocenters. The molecule has 1 aliphatic rings. The highest BCUT2D eigenvalue weighted by atomic mass is 19.1. The monoisotopic (exact) mass is 354 g/mol. The van der Waals surface area contributed by atoms with Gasteiger partial charge in [0.05, 0.1) is 11.4 Å². The SMILES string of the molecule is CC1=C(c2ccccc2)CC(c2ccccc2)=NN=C1c1ccc(F)cc1. The minimum absolute atomic E-state index is 0.258. The van der Waals surface area contributed by atoms with E-state index in [9.17, 15) is 4.39 Å². The summed E-state index contributed by atoms with van der Waals surface area (Å²) in [5, 5.41) is 9.13. The van der Waals surface area contributed by atoms with Crippen LogP contribution in [0, 0.1) is 5.82 Å². The number of halogens is 1. The molecule has 0 unspecified atom stereocenters. The number of allylic oxidation sites excluding steroid dienone is 2. The summed E-state index contributed by atoms with van der Waals surface area (Å²) < 4.78 is 13.4. The Labute approximate surface area is 158 Å². The van der Waals surface area contributed by atoms with E-state index >= 15 is 0 Å². The quantitative estimate of drug-likeness (QED) is 0.560. The Morgan fingerprint density at radius 1 is 0.667 bits per heavy atom. The molecule has 0 saturated heterocycles. The molecule has 0 fully saturated rings. The van der Waals surface area contributed by atoms with E-state index < -0.39 is 0 Å². The molecule has 3 heteroatoms. The van der Waals surface area contributed by atoms with Crippen LogP contribution < -0.4 is 0 Å². The molecule has 1 aliphatic heterocycles. The highest BCUT2D eigenvalue weighted by molar-refractivity contribution is 6.20. The minimum atomic E-state index is -0.258. The van der Waals surface area contributed by atoms with Gasteiger partial charge in [-0.2, -0.15) is 5.10 Å². The lowest BCUT2D eigenvalue weighted by Gasteiger charge is -2.13. The molecule has 27 heavy (non-hydrogen) atoms. The van der Waals surface area contributed by atoms with Crippen molar-refractivity contribution < 1.29 is 4.39 Å². The Kier molecular flexibility index (Phi) is 4.75. The van der Waals surface area contributed by atoms with E-state index in [2.05, 4.69) is 41.4 Å². The topological polar surface area (TPSA) is 24.7 Å². The van der Waals surface area contributed by atoms with Crippen LogP contribution in [0.2, 0.25) is 0 Å². The largest absolute Gasteiger partial charge is 0.207 e. The lowest BCUT2D eigenvalue weighted by molar-refractivity contribution is 0.628. The van der Waals surface area contributed by atoms with Crippen LogP contribution in [0.1, 0.15) is 30.0 Å². The third-order valence-corrected chi connectivity index (χ3v) is 4.77. The second-order valence-electron chi connectivity index (χ2n) is 6.51. The van der Waals surface area contributed by atoms with Crippen molar-refractivity contribution in [3.63, 3.8) is 0 Å². The standard InChI is InChI=1S/C24H19FN2/c1-17-22(18-8-4-2-5-9-18)16-23(19-10-6-3-7-11-19)26-27-24(17)20-12-14-21(25)15-13-20/h2-15H,16H2,1H3. The predicted molar refractivity (Wildman–Crippen MR) is 110 cm³/mol. The Morgan fingerprint density at radius 3 is 1.89 bits per heavy atom. The molecule has 3 aromatic rings. The average molecular weight is 354 g/mol. The van der Waals surface area contributed by atoms with E-state index in [-0.39, 0.29) is 5.82 Å². The molecule has 2 nitrogen and oxygen atoms in total. The van der Waals surface area contributed by atoms with Crippen molar-refractivity contribution in [1.29, 1.82) is 0 Å². The van der Waals surface area contributed by atoms with Gasteiger partial charge in [0.2, 0.25) is 0 Å². The van der Waals surface area contributed by atoms with Crippen LogP contribution in [0.15, 0.2) is 101 Å². The molecule has 0 bridgehead atoms. The number of rotatable bonds is 3. The van der Waals surface area contributed by atoms with Crippen LogP contribution in [0.5, 0.6) is 0 Å². The normalized spacial score (nSPS) is 14.4. The van der Waals surface area contributed by atoms with Gasteiger partial charge in [0.15, 0.2) is 0 Å². The maximum Gasteiger partial charge on any atom is 0.123 e. The molecule has 4 rings (SSSR count). The second-order valence-corrected chi connectivity index (χ2v) is 6.51. The first-order chi connectivity index (χ1) is 13.2. The van der Waals surface area contributed by atoms with Gasteiger partial charge in [0.1, 0.15) is 5.82 Å². The van der Waals surface area contributed by atoms with Crippen LogP contribution in [0.25, 0.3) is 5.57 Å². The maximum absolute atomic E-state index is 13.4. The van der Waals surface area contributed by atoms with Crippen molar-refractivity contribution in [2.24, 2.45) is 10.2 Å². The van der Waals surface area contributed by atoms with Crippen molar-refractivity contribution in [3.8, 4) is 0 Å². The van der Waals surface area contributed by atoms with Gasteiger partial charge in [-0.25, -0.2) is 4.39 Å². The fourth-order valence-electron chi connectivity index (χ4n) is 3.29. The van der Waals surface area contributed by atoms with Gasteiger partial charge < -0.3 is 0 Å². The highest BCUT2D eigenvalue weighted by Crippen LogP contribution is 2.29. The van der Waals surface area contributed by atoms with Gasteiger partial charge in [-0.15, -0.1) is 5.10 Å².